The lowest BCUT2D eigenvalue weighted by molar-refractivity contribution is -0.202. The maximum Gasteiger partial charge on any atom is 0.312 e. The van der Waals surface area contributed by atoms with E-state index >= 15 is 0 Å². The number of ether oxygens (including phenoxy) is 1. The molecule has 1 N–H and O–H groups in total. The van der Waals surface area contributed by atoms with E-state index in [4.69, 9.17) is 16.3 Å². The van der Waals surface area contributed by atoms with E-state index in [1.54, 1.807) is 10.9 Å². The fourth-order valence-electron chi connectivity index (χ4n) is 11.9. The number of esters is 1. The van der Waals surface area contributed by atoms with Gasteiger partial charge in [0.15, 0.2) is 5.78 Å². The number of allylic oxidation sites excluding steroid dienone is 2. The van der Waals surface area contributed by atoms with Crippen molar-refractivity contribution >= 4 is 23.4 Å². The van der Waals surface area contributed by atoms with Gasteiger partial charge in [0.1, 0.15) is 12.3 Å². The van der Waals surface area contributed by atoms with Crippen LogP contribution < -0.4 is 0 Å². The number of aromatic nitrogens is 3. The molecule has 0 unspecified atom stereocenters. The zero-order chi connectivity index (χ0) is 34.7. The van der Waals surface area contributed by atoms with E-state index in [0.29, 0.717) is 23.1 Å². The summed E-state index contributed by atoms with van der Waals surface area (Å²) in [5, 5.41) is 20.2. The Bertz CT molecular complexity index is 1700. The Labute approximate surface area is 291 Å². The van der Waals surface area contributed by atoms with Crippen LogP contribution >= 0.6 is 11.6 Å². The summed E-state index contributed by atoms with van der Waals surface area (Å²) in [6.07, 6.45) is 11.8. The van der Waals surface area contributed by atoms with Crippen LogP contribution in [0.5, 0.6) is 0 Å². The van der Waals surface area contributed by atoms with E-state index in [2.05, 4.69) is 64.9 Å². The van der Waals surface area contributed by atoms with Crippen LogP contribution in [0.2, 0.25) is 5.02 Å². The first-order valence-corrected chi connectivity index (χ1v) is 18.5. The molecule has 0 spiro atoms. The van der Waals surface area contributed by atoms with Crippen LogP contribution in [0.4, 0.5) is 0 Å². The lowest BCUT2D eigenvalue weighted by Crippen LogP contribution is -2.66. The van der Waals surface area contributed by atoms with E-state index in [-0.39, 0.29) is 63.4 Å². The Balaban J connectivity index is 1.14. The first-order chi connectivity index (χ1) is 22.4. The van der Waals surface area contributed by atoms with Gasteiger partial charge >= 0.3 is 5.97 Å². The summed E-state index contributed by atoms with van der Waals surface area (Å²) in [6.45, 7) is 18.1. The van der Waals surface area contributed by atoms with Gasteiger partial charge in [0, 0.05) is 10.9 Å². The summed E-state index contributed by atoms with van der Waals surface area (Å²) >= 11 is 6.32. The molecular weight excluding hydrogens is 622 g/mol. The number of fused-ring (bicyclic) bond motifs is 7. The van der Waals surface area contributed by atoms with Crippen molar-refractivity contribution in [3.63, 3.8) is 0 Å². The summed E-state index contributed by atoms with van der Waals surface area (Å²) in [5.74, 6) is 0.478. The highest BCUT2D eigenvalue weighted by Gasteiger charge is 2.70. The second kappa shape index (κ2) is 11.0. The number of aryl methyl sites for hydroxylation is 1. The third-order valence-electron chi connectivity index (χ3n) is 15.4. The average molecular weight is 676 g/mol. The van der Waals surface area contributed by atoms with E-state index in [1.807, 2.05) is 25.1 Å². The zero-order valence-electron chi connectivity index (χ0n) is 30.2. The van der Waals surface area contributed by atoms with Crippen molar-refractivity contribution in [2.75, 3.05) is 0 Å². The molecule has 5 aliphatic carbocycles. The molecule has 8 heteroatoms. The molecule has 48 heavy (non-hydrogen) atoms. The molecule has 9 atom stereocenters. The zero-order valence-corrected chi connectivity index (χ0v) is 30.9. The number of aliphatic hydroxyl groups excluding tert-OH is 1. The number of carbonyl (C=O) groups excluding carboxylic acids is 2. The minimum Gasteiger partial charge on any atom is -0.459 e. The predicted octanol–water partition coefficient (Wildman–Crippen LogP) is 8.61. The standard InChI is InChI=1S/C40H54ClN3O4/c1-24-9-10-26(19-29(24)41)44-22-25(42-43-44)23-48-34(47)37(5)16-15-36(4)17-18-39(7)27(28(36)21-37)20-30(45)33-38(6)13-12-32(46)35(2,3)31(38)11-14-40(33,39)8/h9-10,19-20,22,28,31-33,46H,11-18,21,23H2,1-8H3/t28-,31-,32-,33+,36+,37-,38-,39+,40+/m0/s1. The number of rotatable bonds is 4. The molecule has 0 saturated heterocycles. The molecule has 5 aliphatic rings. The number of nitrogens with zero attached hydrogens (tertiary/aromatic N) is 3. The first kappa shape index (κ1) is 34.0. The molecule has 0 radical (unpaired) electrons. The SMILES string of the molecule is Cc1ccc(-n2cc(COC(=O)[C@@]3(C)CC[C@]4(C)CC[C@]5(C)C(=CC(=O)[C@@H]6[C@@]7(C)CC[C@H](O)C(C)(C)[C@@H]7CC[C@]65C)[C@@H]4C3)nn2)cc1Cl. The van der Waals surface area contributed by atoms with Crippen LogP contribution in [0.3, 0.4) is 0 Å². The van der Waals surface area contributed by atoms with Gasteiger partial charge in [-0.15, -0.1) is 5.10 Å². The van der Waals surface area contributed by atoms with Crippen molar-refractivity contribution in [1.82, 2.24) is 15.0 Å². The minimum absolute atomic E-state index is 0.0463. The molecule has 1 aromatic heterocycles. The highest BCUT2D eigenvalue weighted by molar-refractivity contribution is 6.31. The lowest BCUT2D eigenvalue weighted by atomic mass is 9.33. The first-order valence-electron chi connectivity index (χ1n) is 18.2. The Morgan fingerprint density at radius 2 is 1.75 bits per heavy atom. The van der Waals surface area contributed by atoms with Crippen LogP contribution in [-0.2, 0) is 20.9 Å². The third-order valence-corrected chi connectivity index (χ3v) is 15.8. The Morgan fingerprint density at radius 3 is 2.48 bits per heavy atom. The maximum atomic E-state index is 14.6. The average Bonchev–Trinajstić information content (AvgIpc) is 3.50. The Kier molecular flexibility index (Phi) is 7.78. The molecule has 0 aliphatic heterocycles. The number of hydrogen-bond donors (Lipinski definition) is 1. The van der Waals surface area contributed by atoms with Gasteiger partial charge in [-0.3, -0.25) is 9.59 Å². The highest BCUT2D eigenvalue weighted by atomic mass is 35.5. The van der Waals surface area contributed by atoms with Crippen LogP contribution in [0, 0.1) is 57.2 Å². The monoisotopic (exact) mass is 675 g/mol. The van der Waals surface area contributed by atoms with Gasteiger partial charge in [-0.25, -0.2) is 4.68 Å². The Hall–Kier alpha value is -2.51. The van der Waals surface area contributed by atoms with E-state index in [9.17, 15) is 14.7 Å². The molecule has 0 amide bonds. The van der Waals surface area contributed by atoms with Crippen molar-refractivity contribution in [1.29, 1.82) is 0 Å². The van der Waals surface area contributed by atoms with Gasteiger partial charge < -0.3 is 9.84 Å². The largest absolute Gasteiger partial charge is 0.459 e. The molecular formula is C40H54ClN3O4. The van der Waals surface area contributed by atoms with Crippen molar-refractivity contribution in [3.8, 4) is 5.69 Å². The molecule has 2 aromatic rings. The van der Waals surface area contributed by atoms with Crippen LogP contribution in [0.25, 0.3) is 5.69 Å². The lowest BCUT2D eigenvalue weighted by Gasteiger charge is -2.70. The number of ketones is 1. The molecule has 7 rings (SSSR count). The van der Waals surface area contributed by atoms with E-state index < -0.39 is 5.41 Å². The van der Waals surface area contributed by atoms with Gasteiger partial charge in [0.2, 0.25) is 0 Å². The van der Waals surface area contributed by atoms with Gasteiger partial charge in [-0.1, -0.05) is 70.0 Å². The van der Waals surface area contributed by atoms with Crippen molar-refractivity contribution < 1.29 is 19.4 Å². The molecule has 7 nitrogen and oxygen atoms in total. The van der Waals surface area contributed by atoms with Crippen LogP contribution in [0.1, 0.15) is 118 Å². The number of benzene rings is 1. The maximum absolute atomic E-state index is 14.6. The van der Waals surface area contributed by atoms with Crippen molar-refractivity contribution in [2.24, 2.45) is 50.2 Å². The summed E-state index contributed by atoms with van der Waals surface area (Å²) in [7, 11) is 0. The smallest absolute Gasteiger partial charge is 0.312 e. The summed E-state index contributed by atoms with van der Waals surface area (Å²) in [5.41, 5.74) is 2.41. The number of aliphatic hydroxyl groups is 1. The van der Waals surface area contributed by atoms with Crippen molar-refractivity contribution in [3.05, 3.63) is 52.3 Å². The molecule has 0 bridgehead atoms. The molecule has 1 heterocycles. The predicted molar refractivity (Wildman–Crippen MR) is 186 cm³/mol. The summed E-state index contributed by atoms with van der Waals surface area (Å²) < 4.78 is 7.62. The van der Waals surface area contributed by atoms with Gasteiger partial charge in [-0.05, 0) is 134 Å². The second-order valence-corrected chi connectivity index (χ2v) is 18.7. The quantitative estimate of drug-likeness (QED) is 0.326. The molecule has 4 fully saturated rings. The normalized spacial score (nSPS) is 41.7. The van der Waals surface area contributed by atoms with E-state index in [1.165, 1.54) is 5.57 Å². The third kappa shape index (κ3) is 4.76. The minimum atomic E-state index is -0.655. The summed E-state index contributed by atoms with van der Waals surface area (Å²) in [4.78, 5) is 28.5. The number of carbonyl (C=O) groups is 2. The Morgan fingerprint density at radius 1 is 1.02 bits per heavy atom. The van der Waals surface area contributed by atoms with Crippen molar-refractivity contribution in [2.45, 2.75) is 126 Å². The number of halogens is 1. The molecule has 260 valence electrons. The van der Waals surface area contributed by atoms with E-state index in [0.717, 1.165) is 62.6 Å². The van der Waals surface area contributed by atoms with Crippen LogP contribution in [-0.4, -0.2) is 38.0 Å². The fraction of sp³-hybridized carbons (Fsp3) is 0.700. The topological polar surface area (TPSA) is 94.3 Å². The van der Waals surface area contributed by atoms with Gasteiger partial charge in [0.25, 0.3) is 0 Å². The molecule has 4 saturated carbocycles. The highest BCUT2D eigenvalue weighted by Crippen LogP contribution is 2.75. The van der Waals surface area contributed by atoms with Gasteiger partial charge in [-0.2, -0.15) is 0 Å². The fourth-order valence-corrected chi connectivity index (χ4v) is 12.1. The van der Waals surface area contributed by atoms with Gasteiger partial charge in [0.05, 0.1) is 23.4 Å². The van der Waals surface area contributed by atoms with Crippen LogP contribution in [0.15, 0.2) is 36.0 Å². The summed E-state index contributed by atoms with van der Waals surface area (Å²) in [6, 6.07) is 5.72. The molecule has 1 aromatic carbocycles. The second-order valence-electron chi connectivity index (χ2n) is 18.3. The number of hydrogen-bond acceptors (Lipinski definition) is 6.